The zero-order chi connectivity index (χ0) is 12.3. The molecular formula is C12H13BrFN3. The fourth-order valence-corrected chi connectivity index (χ4v) is 1.99. The van der Waals surface area contributed by atoms with Crippen LogP contribution in [0.5, 0.6) is 0 Å². The van der Waals surface area contributed by atoms with E-state index in [0.29, 0.717) is 11.0 Å². The van der Waals surface area contributed by atoms with Gasteiger partial charge in [-0.1, -0.05) is 12.1 Å². The van der Waals surface area contributed by atoms with Gasteiger partial charge in [-0.25, -0.2) is 4.39 Å². The first-order valence-corrected chi connectivity index (χ1v) is 6.07. The summed E-state index contributed by atoms with van der Waals surface area (Å²) in [6.45, 7) is 1.34. The highest BCUT2D eigenvalue weighted by Crippen LogP contribution is 2.20. The highest BCUT2D eigenvalue weighted by Gasteiger charge is 2.04. The SMILES string of the molecule is Cn1cc(CNCc2cccc(F)c2Br)cn1. The summed E-state index contributed by atoms with van der Waals surface area (Å²) in [5, 5.41) is 7.33. The van der Waals surface area contributed by atoms with E-state index < -0.39 is 0 Å². The highest BCUT2D eigenvalue weighted by molar-refractivity contribution is 9.10. The fourth-order valence-electron chi connectivity index (χ4n) is 1.59. The van der Waals surface area contributed by atoms with Crippen molar-refractivity contribution in [2.75, 3.05) is 0 Å². The Morgan fingerprint density at radius 1 is 1.41 bits per heavy atom. The van der Waals surface area contributed by atoms with Crippen molar-refractivity contribution < 1.29 is 4.39 Å². The van der Waals surface area contributed by atoms with E-state index in [2.05, 4.69) is 26.3 Å². The Kier molecular flexibility index (Phi) is 3.91. The van der Waals surface area contributed by atoms with E-state index in [0.717, 1.165) is 17.7 Å². The van der Waals surface area contributed by atoms with Crippen LogP contribution in [0.3, 0.4) is 0 Å². The number of benzene rings is 1. The lowest BCUT2D eigenvalue weighted by Gasteiger charge is -2.06. The molecule has 0 saturated heterocycles. The van der Waals surface area contributed by atoms with Crippen molar-refractivity contribution in [2.45, 2.75) is 13.1 Å². The molecule has 1 N–H and O–H groups in total. The highest BCUT2D eigenvalue weighted by atomic mass is 79.9. The van der Waals surface area contributed by atoms with Crippen LogP contribution in [-0.4, -0.2) is 9.78 Å². The minimum atomic E-state index is -0.231. The molecule has 0 bridgehead atoms. The van der Waals surface area contributed by atoms with Gasteiger partial charge in [0.05, 0.1) is 10.7 Å². The number of hydrogen-bond donors (Lipinski definition) is 1. The Hall–Kier alpha value is -1.20. The van der Waals surface area contributed by atoms with Crippen molar-refractivity contribution in [3.63, 3.8) is 0 Å². The number of hydrogen-bond acceptors (Lipinski definition) is 2. The van der Waals surface area contributed by atoms with Crippen molar-refractivity contribution in [3.05, 3.63) is 52.0 Å². The molecular weight excluding hydrogens is 285 g/mol. The quantitative estimate of drug-likeness (QED) is 0.940. The van der Waals surface area contributed by atoms with Crippen molar-refractivity contribution in [2.24, 2.45) is 7.05 Å². The Morgan fingerprint density at radius 2 is 2.24 bits per heavy atom. The molecule has 3 nitrogen and oxygen atoms in total. The van der Waals surface area contributed by atoms with Gasteiger partial charge in [0, 0.05) is 31.9 Å². The van der Waals surface area contributed by atoms with Crippen LogP contribution >= 0.6 is 15.9 Å². The van der Waals surface area contributed by atoms with Gasteiger partial charge in [-0.3, -0.25) is 4.68 Å². The Morgan fingerprint density at radius 3 is 2.94 bits per heavy atom. The largest absolute Gasteiger partial charge is 0.308 e. The van der Waals surface area contributed by atoms with Gasteiger partial charge in [0.25, 0.3) is 0 Å². The summed E-state index contributed by atoms with van der Waals surface area (Å²) in [7, 11) is 1.88. The van der Waals surface area contributed by atoms with Crippen molar-refractivity contribution >= 4 is 15.9 Å². The third kappa shape index (κ3) is 3.14. The molecule has 0 aliphatic heterocycles. The lowest BCUT2D eigenvalue weighted by atomic mass is 10.2. The zero-order valence-corrected chi connectivity index (χ0v) is 11.0. The molecule has 90 valence electrons. The first kappa shape index (κ1) is 12.3. The van der Waals surface area contributed by atoms with Crippen LogP contribution in [0.15, 0.2) is 35.1 Å². The second-order valence-electron chi connectivity index (χ2n) is 3.84. The molecule has 1 aromatic heterocycles. The zero-order valence-electron chi connectivity index (χ0n) is 9.45. The average molecular weight is 298 g/mol. The summed E-state index contributed by atoms with van der Waals surface area (Å²) in [4.78, 5) is 0. The molecule has 17 heavy (non-hydrogen) atoms. The van der Waals surface area contributed by atoms with Crippen LogP contribution in [0.2, 0.25) is 0 Å². The Balaban J connectivity index is 1.92. The molecule has 1 aromatic carbocycles. The van der Waals surface area contributed by atoms with Gasteiger partial charge in [0.2, 0.25) is 0 Å². The minimum Gasteiger partial charge on any atom is -0.308 e. The predicted octanol–water partition coefficient (Wildman–Crippen LogP) is 2.61. The van der Waals surface area contributed by atoms with Crippen LogP contribution in [0, 0.1) is 5.82 Å². The summed E-state index contributed by atoms with van der Waals surface area (Å²) in [5.41, 5.74) is 2.02. The van der Waals surface area contributed by atoms with Crippen LogP contribution in [-0.2, 0) is 20.1 Å². The van der Waals surface area contributed by atoms with E-state index in [1.807, 2.05) is 25.5 Å². The van der Waals surface area contributed by atoms with Crippen molar-refractivity contribution in [1.29, 1.82) is 0 Å². The van der Waals surface area contributed by atoms with Gasteiger partial charge in [-0.15, -0.1) is 0 Å². The molecule has 5 heteroatoms. The molecule has 0 atom stereocenters. The smallest absolute Gasteiger partial charge is 0.137 e. The monoisotopic (exact) mass is 297 g/mol. The number of aromatic nitrogens is 2. The van der Waals surface area contributed by atoms with E-state index in [1.165, 1.54) is 6.07 Å². The molecule has 0 amide bonds. The molecule has 2 aromatic rings. The molecule has 0 unspecified atom stereocenters. The average Bonchev–Trinajstić information content (AvgIpc) is 2.70. The normalized spacial score (nSPS) is 10.8. The summed E-state index contributed by atoms with van der Waals surface area (Å²) >= 11 is 3.24. The standard InChI is InChI=1S/C12H13BrFN3/c1-17-8-9(6-16-17)5-15-7-10-3-2-4-11(14)12(10)13/h2-4,6,8,15H,5,7H2,1H3. The van der Waals surface area contributed by atoms with Crippen molar-refractivity contribution in [1.82, 2.24) is 15.1 Å². The van der Waals surface area contributed by atoms with Gasteiger partial charge in [-0.2, -0.15) is 5.10 Å². The topological polar surface area (TPSA) is 29.9 Å². The van der Waals surface area contributed by atoms with Gasteiger partial charge in [-0.05, 0) is 27.6 Å². The van der Waals surface area contributed by atoms with Gasteiger partial charge in [0.15, 0.2) is 0 Å². The van der Waals surface area contributed by atoms with Gasteiger partial charge >= 0.3 is 0 Å². The third-order valence-corrected chi connectivity index (χ3v) is 3.32. The molecule has 0 spiro atoms. The van der Waals surface area contributed by atoms with Crippen LogP contribution < -0.4 is 5.32 Å². The maximum Gasteiger partial charge on any atom is 0.137 e. The minimum absolute atomic E-state index is 0.231. The van der Waals surface area contributed by atoms with E-state index >= 15 is 0 Å². The molecule has 0 radical (unpaired) electrons. The second kappa shape index (κ2) is 5.42. The summed E-state index contributed by atoms with van der Waals surface area (Å²) in [6, 6.07) is 5.04. The third-order valence-electron chi connectivity index (χ3n) is 2.43. The van der Waals surface area contributed by atoms with E-state index in [-0.39, 0.29) is 5.82 Å². The van der Waals surface area contributed by atoms with Crippen LogP contribution in [0.25, 0.3) is 0 Å². The predicted molar refractivity (Wildman–Crippen MR) is 67.9 cm³/mol. The second-order valence-corrected chi connectivity index (χ2v) is 4.63. The first-order valence-electron chi connectivity index (χ1n) is 5.28. The Labute approximate surface area is 108 Å². The number of nitrogens with one attached hydrogen (secondary N) is 1. The van der Waals surface area contributed by atoms with Gasteiger partial charge in [0.1, 0.15) is 5.82 Å². The molecule has 0 aliphatic rings. The molecule has 0 saturated carbocycles. The number of aryl methyl sites for hydroxylation is 1. The Bertz CT molecular complexity index is 510. The molecule has 1 heterocycles. The maximum atomic E-state index is 13.2. The number of nitrogens with zero attached hydrogens (tertiary/aromatic N) is 2. The number of rotatable bonds is 4. The summed E-state index contributed by atoms with van der Waals surface area (Å²) < 4.78 is 15.5. The van der Waals surface area contributed by atoms with E-state index in [9.17, 15) is 4.39 Å². The van der Waals surface area contributed by atoms with Crippen molar-refractivity contribution in [3.8, 4) is 0 Å². The van der Waals surface area contributed by atoms with E-state index in [4.69, 9.17) is 0 Å². The van der Waals surface area contributed by atoms with Crippen LogP contribution in [0.1, 0.15) is 11.1 Å². The van der Waals surface area contributed by atoms with Crippen LogP contribution in [0.4, 0.5) is 4.39 Å². The number of halogens is 2. The molecule has 2 rings (SSSR count). The fraction of sp³-hybridized carbons (Fsp3) is 0.250. The first-order chi connectivity index (χ1) is 8.16. The molecule has 0 aliphatic carbocycles. The van der Waals surface area contributed by atoms with Gasteiger partial charge < -0.3 is 5.32 Å². The maximum absolute atomic E-state index is 13.2. The molecule has 0 fully saturated rings. The van der Waals surface area contributed by atoms with E-state index in [1.54, 1.807) is 10.7 Å². The summed E-state index contributed by atoms with van der Waals surface area (Å²) in [6.07, 6.45) is 3.77. The summed E-state index contributed by atoms with van der Waals surface area (Å²) in [5.74, 6) is -0.231. The lowest BCUT2D eigenvalue weighted by molar-refractivity contribution is 0.612. The lowest BCUT2D eigenvalue weighted by Crippen LogP contribution is -2.12.